The lowest BCUT2D eigenvalue weighted by Gasteiger charge is -2.30. The van der Waals surface area contributed by atoms with Crippen LogP contribution < -0.4 is 9.47 Å². The summed E-state index contributed by atoms with van der Waals surface area (Å²) in [4.78, 5) is 18.5. The van der Waals surface area contributed by atoms with Crippen molar-refractivity contribution >= 4 is 17.5 Å². The molecule has 6 heteroatoms. The zero-order valence-electron chi connectivity index (χ0n) is 14.4. The summed E-state index contributed by atoms with van der Waals surface area (Å²) in [6.07, 6.45) is 2.33. The summed E-state index contributed by atoms with van der Waals surface area (Å²) in [5, 5.41) is 0.322. The van der Waals surface area contributed by atoms with Crippen LogP contribution in [0.2, 0.25) is 5.15 Å². The topological polar surface area (TPSA) is 51.7 Å². The highest BCUT2D eigenvalue weighted by Crippen LogP contribution is 2.34. The maximum absolute atomic E-state index is 12.7. The first-order valence-corrected chi connectivity index (χ1v) is 8.82. The van der Waals surface area contributed by atoms with Crippen LogP contribution in [0, 0.1) is 0 Å². The van der Waals surface area contributed by atoms with Gasteiger partial charge in [-0.15, -0.1) is 0 Å². The molecule has 5 nitrogen and oxygen atoms in total. The monoisotopic (exact) mass is 360 g/mol. The minimum absolute atomic E-state index is 0.0400. The zero-order chi connectivity index (χ0) is 17.8. The number of carbonyl (C=O) groups is 1. The molecule has 0 N–H and O–H groups in total. The van der Waals surface area contributed by atoms with E-state index in [-0.39, 0.29) is 5.91 Å². The SMILES string of the molecule is CCOc1cc2c(cc1OCC)CN(C(=O)c1ccnc(Cl)c1)CC2. The largest absolute Gasteiger partial charge is 0.490 e. The fourth-order valence-electron chi connectivity index (χ4n) is 2.99. The Bertz CT molecular complexity index is 779. The maximum atomic E-state index is 12.7. The average Bonchev–Trinajstić information content (AvgIpc) is 2.61. The minimum atomic E-state index is -0.0400. The lowest BCUT2D eigenvalue weighted by Crippen LogP contribution is -2.36. The van der Waals surface area contributed by atoms with E-state index in [2.05, 4.69) is 4.98 Å². The second kappa shape index (κ2) is 7.74. The van der Waals surface area contributed by atoms with Gasteiger partial charge in [-0.05, 0) is 55.7 Å². The lowest BCUT2D eigenvalue weighted by molar-refractivity contribution is 0.0734. The van der Waals surface area contributed by atoms with E-state index in [1.807, 2.05) is 30.9 Å². The zero-order valence-corrected chi connectivity index (χ0v) is 15.2. The van der Waals surface area contributed by atoms with E-state index < -0.39 is 0 Å². The number of pyridine rings is 1. The van der Waals surface area contributed by atoms with E-state index in [9.17, 15) is 4.79 Å². The number of fused-ring (bicyclic) bond motifs is 1. The first-order valence-electron chi connectivity index (χ1n) is 8.44. The summed E-state index contributed by atoms with van der Waals surface area (Å²) in [6, 6.07) is 7.31. The second-order valence-corrected chi connectivity index (χ2v) is 6.16. The van der Waals surface area contributed by atoms with Crippen LogP contribution in [0.5, 0.6) is 11.5 Å². The van der Waals surface area contributed by atoms with Crippen molar-refractivity contribution in [2.75, 3.05) is 19.8 Å². The Morgan fingerprint density at radius 3 is 2.48 bits per heavy atom. The molecule has 0 saturated heterocycles. The third-order valence-electron chi connectivity index (χ3n) is 4.14. The Morgan fingerprint density at radius 1 is 1.16 bits per heavy atom. The molecule has 0 fully saturated rings. The summed E-state index contributed by atoms with van der Waals surface area (Å²) >= 11 is 5.90. The van der Waals surface area contributed by atoms with Crippen molar-refractivity contribution in [3.63, 3.8) is 0 Å². The fourth-order valence-corrected chi connectivity index (χ4v) is 3.17. The predicted octanol–water partition coefficient (Wildman–Crippen LogP) is 3.73. The number of nitrogens with zero attached hydrogens (tertiary/aromatic N) is 2. The Labute approximate surface area is 152 Å². The number of ether oxygens (including phenoxy) is 2. The van der Waals surface area contributed by atoms with Crippen LogP contribution in [0.4, 0.5) is 0 Å². The van der Waals surface area contributed by atoms with Crippen molar-refractivity contribution in [1.82, 2.24) is 9.88 Å². The number of hydrogen-bond acceptors (Lipinski definition) is 4. The predicted molar refractivity (Wildman–Crippen MR) is 96.5 cm³/mol. The summed E-state index contributed by atoms with van der Waals surface area (Å²) in [5.74, 6) is 1.45. The number of carbonyl (C=O) groups excluding carboxylic acids is 1. The molecule has 3 rings (SSSR count). The van der Waals surface area contributed by atoms with Gasteiger partial charge in [-0.1, -0.05) is 11.6 Å². The van der Waals surface area contributed by atoms with Gasteiger partial charge in [0.2, 0.25) is 0 Å². The van der Waals surface area contributed by atoms with Crippen molar-refractivity contribution in [2.45, 2.75) is 26.8 Å². The number of amides is 1. The molecule has 25 heavy (non-hydrogen) atoms. The molecule has 0 saturated carbocycles. The van der Waals surface area contributed by atoms with Crippen LogP contribution in [-0.4, -0.2) is 35.5 Å². The molecule has 2 heterocycles. The number of aromatic nitrogens is 1. The summed E-state index contributed by atoms with van der Waals surface area (Å²) in [6.45, 7) is 6.25. The lowest BCUT2D eigenvalue weighted by atomic mass is 9.98. The highest BCUT2D eigenvalue weighted by atomic mass is 35.5. The van der Waals surface area contributed by atoms with Gasteiger partial charge in [-0.3, -0.25) is 4.79 Å². The minimum Gasteiger partial charge on any atom is -0.490 e. The molecule has 2 aromatic rings. The summed E-state index contributed by atoms with van der Waals surface area (Å²) < 4.78 is 11.4. The van der Waals surface area contributed by atoms with Gasteiger partial charge in [-0.25, -0.2) is 4.98 Å². The standard InChI is InChI=1S/C19H21ClN2O3/c1-3-24-16-9-13-6-8-22(12-15(13)10-17(16)25-4-2)19(23)14-5-7-21-18(20)11-14/h5,7,9-11H,3-4,6,8,12H2,1-2H3. The molecule has 1 aliphatic heterocycles. The summed E-state index contributed by atoms with van der Waals surface area (Å²) in [5.41, 5.74) is 2.84. The van der Waals surface area contributed by atoms with Gasteiger partial charge >= 0.3 is 0 Å². The highest BCUT2D eigenvalue weighted by Gasteiger charge is 2.24. The number of halogens is 1. The van der Waals surface area contributed by atoms with Crippen molar-refractivity contribution in [1.29, 1.82) is 0 Å². The number of hydrogen-bond donors (Lipinski definition) is 0. The molecule has 1 aromatic carbocycles. The summed E-state index contributed by atoms with van der Waals surface area (Å²) in [7, 11) is 0. The van der Waals surface area contributed by atoms with E-state index in [4.69, 9.17) is 21.1 Å². The molecule has 1 aromatic heterocycles. The molecule has 0 atom stereocenters. The van der Waals surface area contributed by atoms with E-state index in [1.165, 1.54) is 5.56 Å². The van der Waals surface area contributed by atoms with Gasteiger partial charge in [0.1, 0.15) is 5.15 Å². The van der Waals surface area contributed by atoms with Crippen LogP contribution in [0.15, 0.2) is 30.5 Å². The molecular formula is C19H21ClN2O3. The Kier molecular flexibility index (Phi) is 5.43. The fraction of sp³-hybridized carbons (Fsp3) is 0.368. The van der Waals surface area contributed by atoms with Gasteiger partial charge in [0, 0.05) is 24.8 Å². The van der Waals surface area contributed by atoms with Crippen LogP contribution in [0.3, 0.4) is 0 Å². The van der Waals surface area contributed by atoms with E-state index in [1.54, 1.807) is 18.3 Å². The van der Waals surface area contributed by atoms with Crippen molar-refractivity contribution < 1.29 is 14.3 Å². The molecular weight excluding hydrogens is 340 g/mol. The van der Waals surface area contributed by atoms with Gasteiger partial charge in [-0.2, -0.15) is 0 Å². The molecule has 132 valence electrons. The molecule has 1 amide bonds. The number of benzene rings is 1. The van der Waals surface area contributed by atoms with E-state index >= 15 is 0 Å². The maximum Gasteiger partial charge on any atom is 0.254 e. The van der Waals surface area contributed by atoms with Gasteiger partial charge in [0.05, 0.1) is 13.2 Å². The Balaban J connectivity index is 1.85. The normalized spacial score (nSPS) is 13.3. The third kappa shape index (κ3) is 3.87. The molecule has 1 aliphatic rings. The Hall–Kier alpha value is -2.27. The second-order valence-electron chi connectivity index (χ2n) is 5.78. The van der Waals surface area contributed by atoms with E-state index in [0.717, 1.165) is 23.5 Å². The Morgan fingerprint density at radius 2 is 1.84 bits per heavy atom. The van der Waals surface area contributed by atoms with Crippen molar-refractivity contribution in [2.24, 2.45) is 0 Å². The third-order valence-corrected chi connectivity index (χ3v) is 4.35. The first kappa shape index (κ1) is 17.5. The van der Waals surface area contributed by atoms with Crippen molar-refractivity contribution in [3.05, 3.63) is 52.3 Å². The quantitative estimate of drug-likeness (QED) is 0.762. The van der Waals surface area contributed by atoms with Crippen LogP contribution >= 0.6 is 11.6 Å². The van der Waals surface area contributed by atoms with Crippen LogP contribution in [-0.2, 0) is 13.0 Å². The smallest absolute Gasteiger partial charge is 0.254 e. The van der Waals surface area contributed by atoms with Crippen LogP contribution in [0.25, 0.3) is 0 Å². The molecule has 0 aliphatic carbocycles. The highest BCUT2D eigenvalue weighted by molar-refractivity contribution is 6.29. The van der Waals surface area contributed by atoms with Crippen molar-refractivity contribution in [3.8, 4) is 11.5 Å². The van der Waals surface area contributed by atoms with Crippen LogP contribution in [0.1, 0.15) is 35.3 Å². The van der Waals surface area contributed by atoms with Gasteiger partial charge in [0.15, 0.2) is 11.5 Å². The molecule has 0 unspecified atom stereocenters. The molecule has 0 bridgehead atoms. The average molecular weight is 361 g/mol. The molecule has 0 spiro atoms. The van der Waals surface area contributed by atoms with Gasteiger partial charge < -0.3 is 14.4 Å². The van der Waals surface area contributed by atoms with E-state index in [0.29, 0.717) is 37.0 Å². The molecule has 0 radical (unpaired) electrons. The first-order chi connectivity index (χ1) is 12.1. The van der Waals surface area contributed by atoms with Gasteiger partial charge in [0.25, 0.3) is 5.91 Å². The number of rotatable bonds is 5.